The van der Waals surface area contributed by atoms with Gasteiger partial charge in [0.05, 0.1) is 16.8 Å². The molecule has 0 spiro atoms. The number of nitrogens with zero attached hydrogens (tertiary/aromatic N) is 2. The SMILES string of the molecule is CCCC(CNC(C)(C)C)n1cc(Cl)c(C)n1. The van der Waals surface area contributed by atoms with E-state index in [0.717, 1.165) is 30.1 Å². The van der Waals surface area contributed by atoms with Crippen molar-refractivity contribution in [3.63, 3.8) is 0 Å². The van der Waals surface area contributed by atoms with Crippen molar-refractivity contribution >= 4 is 11.6 Å². The largest absolute Gasteiger partial charge is 0.310 e. The molecule has 17 heavy (non-hydrogen) atoms. The van der Waals surface area contributed by atoms with Crippen LogP contribution in [0.1, 0.15) is 52.3 Å². The first-order valence-corrected chi connectivity index (χ1v) is 6.67. The van der Waals surface area contributed by atoms with Gasteiger partial charge in [-0.3, -0.25) is 4.68 Å². The van der Waals surface area contributed by atoms with Crippen molar-refractivity contribution in [2.75, 3.05) is 6.54 Å². The summed E-state index contributed by atoms with van der Waals surface area (Å²) in [4.78, 5) is 0. The third-order valence-corrected chi connectivity index (χ3v) is 3.09. The Morgan fingerprint density at radius 3 is 2.53 bits per heavy atom. The van der Waals surface area contributed by atoms with Gasteiger partial charge in [0.1, 0.15) is 0 Å². The Labute approximate surface area is 110 Å². The summed E-state index contributed by atoms with van der Waals surface area (Å²) in [5, 5.41) is 8.76. The van der Waals surface area contributed by atoms with Crippen molar-refractivity contribution in [2.45, 2.75) is 59.0 Å². The van der Waals surface area contributed by atoms with Crippen LogP contribution in [0.15, 0.2) is 6.20 Å². The van der Waals surface area contributed by atoms with Crippen LogP contribution in [0, 0.1) is 6.92 Å². The van der Waals surface area contributed by atoms with Crippen LogP contribution in [-0.4, -0.2) is 21.9 Å². The Bertz CT molecular complexity index is 333. The van der Waals surface area contributed by atoms with Crippen LogP contribution in [0.5, 0.6) is 0 Å². The third kappa shape index (κ3) is 4.68. The first-order valence-electron chi connectivity index (χ1n) is 6.29. The van der Waals surface area contributed by atoms with E-state index < -0.39 is 0 Å². The molecule has 1 unspecified atom stereocenters. The number of halogens is 1. The fourth-order valence-corrected chi connectivity index (χ4v) is 1.87. The van der Waals surface area contributed by atoms with Crippen LogP contribution in [0.2, 0.25) is 5.02 Å². The topological polar surface area (TPSA) is 29.9 Å². The molecule has 4 heteroatoms. The Kier molecular flexibility index (Phi) is 5.02. The van der Waals surface area contributed by atoms with Gasteiger partial charge in [0.15, 0.2) is 0 Å². The number of hydrogen-bond acceptors (Lipinski definition) is 2. The summed E-state index contributed by atoms with van der Waals surface area (Å²) in [5.74, 6) is 0. The fourth-order valence-electron chi connectivity index (χ4n) is 1.73. The lowest BCUT2D eigenvalue weighted by atomic mass is 10.1. The zero-order valence-electron chi connectivity index (χ0n) is 11.5. The van der Waals surface area contributed by atoms with Crippen molar-refractivity contribution in [2.24, 2.45) is 0 Å². The highest BCUT2D eigenvalue weighted by atomic mass is 35.5. The molecule has 0 aromatic carbocycles. The minimum Gasteiger partial charge on any atom is -0.310 e. The lowest BCUT2D eigenvalue weighted by molar-refractivity contribution is 0.336. The average Bonchev–Trinajstić information content (AvgIpc) is 2.52. The van der Waals surface area contributed by atoms with Crippen molar-refractivity contribution in [3.8, 4) is 0 Å². The van der Waals surface area contributed by atoms with E-state index >= 15 is 0 Å². The molecule has 0 saturated carbocycles. The van der Waals surface area contributed by atoms with Crippen LogP contribution in [0.4, 0.5) is 0 Å². The fraction of sp³-hybridized carbons (Fsp3) is 0.769. The van der Waals surface area contributed by atoms with E-state index in [0.29, 0.717) is 6.04 Å². The Hall–Kier alpha value is -0.540. The normalized spacial score (nSPS) is 14.0. The maximum atomic E-state index is 6.06. The third-order valence-electron chi connectivity index (χ3n) is 2.72. The van der Waals surface area contributed by atoms with E-state index in [9.17, 15) is 0 Å². The van der Waals surface area contributed by atoms with Gasteiger partial charge >= 0.3 is 0 Å². The lowest BCUT2D eigenvalue weighted by Gasteiger charge is -2.25. The Balaban J connectivity index is 2.71. The van der Waals surface area contributed by atoms with Gasteiger partial charge in [-0.05, 0) is 34.1 Å². The molecule has 0 bridgehead atoms. The monoisotopic (exact) mass is 257 g/mol. The predicted molar refractivity (Wildman–Crippen MR) is 73.7 cm³/mol. The first-order chi connectivity index (χ1) is 7.83. The molecule has 3 nitrogen and oxygen atoms in total. The molecule has 1 N–H and O–H groups in total. The van der Waals surface area contributed by atoms with Gasteiger partial charge in [-0.2, -0.15) is 5.10 Å². The van der Waals surface area contributed by atoms with E-state index in [-0.39, 0.29) is 5.54 Å². The zero-order valence-corrected chi connectivity index (χ0v) is 12.3. The van der Waals surface area contributed by atoms with Gasteiger partial charge in [-0.25, -0.2) is 0 Å². The van der Waals surface area contributed by atoms with Gasteiger partial charge in [-0.15, -0.1) is 0 Å². The van der Waals surface area contributed by atoms with Gasteiger partial charge in [0, 0.05) is 18.3 Å². The van der Waals surface area contributed by atoms with E-state index in [1.807, 2.05) is 17.8 Å². The second-order valence-corrected chi connectivity index (χ2v) is 6.02. The van der Waals surface area contributed by atoms with Crippen LogP contribution in [-0.2, 0) is 0 Å². The molecular weight excluding hydrogens is 234 g/mol. The second-order valence-electron chi connectivity index (χ2n) is 5.62. The van der Waals surface area contributed by atoms with Crippen molar-refractivity contribution < 1.29 is 0 Å². The Morgan fingerprint density at radius 1 is 1.47 bits per heavy atom. The highest BCUT2D eigenvalue weighted by molar-refractivity contribution is 6.31. The van der Waals surface area contributed by atoms with Gasteiger partial charge in [0.2, 0.25) is 0 Å². The standard InChI is InChI=1S/C13H24ClN3/c1-6-7-11(8-15-13(3,4)5)17-9-12(14)10(2)16-17/h9,11,15H,6-8H2,1-5H3. The number of rotatable bonds is 5. The van der Waals surface area contributed by atoms with E-state index in [4.69, 9.17) is 11.6 Å². The number of aromatic nitrogens is 2. The van der Waals surface area contributed by atoms with Crippen molar-refractivity contribution in [1.29, 1.82) is 0 Å². The summed E-state index contributed by atoms with van der Waals surface area (Å²) < 4.78 is 2.00. The minimum atomic E-state index is 0.137. The van der Waals surface area contributed by atoms with E-state index in [1.165, 1.54) is 0 Å². The predicted octanol–water partition coefficient (Wildman–Crippen LogP) is 3.57. The average molecular weight is 258 g/mol. The van der Waals surface area contributed by atoms with Crippen LogP contribution < -0.4 is 5.32 Å². The summed E-state index contributed by atoms with van der Waals surface area (Å²) in [6, 6.07) is 0.380. The van der Waals surface area contributed by atoms with Gasteiger partial charge in [-0.1, -0.05) is 24.9 Å². The van der Waals surface area contributed by atoms with Gasteiger partial charge < -0.3 is 5.32 Å². The molecule has 0 saturated heterocycles. The quantitative estimate of drug-likeness (QED) is 0.874. The molecule has 0 aliphatic carbocycles. The molecule has 98 valence electrons. The Morgan fingerprint density at radius 2 is 2.12 bits per heavy atom. The summed E-state index contributed by atoms with van der Waals surface area (Å²) in [6.45, 7) is 11.6. The van der Waals surface area contributed by atoms with Gasteiger partial charge in [0.25, 0.3) is 0 Å². The first kappa shape index (κ1) is 14.5. The summed E-state index contributed by atoms with van der Waals surface area (Å²) >= 11 is 6.06. The molecule has 0 radical (unpaired) electrons. The second kappa shape index (κ2) is 5.87. The maximum absolute atomic E-state index is 6.06. The zero-order chi connectivity index (χ0) is 13.1. The minimum absolute atomic E-state index is 0.137. The molecule has 1 atom stereocenters. The molecule has 1 aromatic rings. The molecule has 0 aliphatic heterocycles. The molecule has 0 amide bonds. The molecule has 0 fully saturated rings. The van der Waals surface area contributed by atoms with E-state index in [2.05, 4.69) is 38.1 Å². The number of hydrogen-bond donors (Lipinski definition) is 1. The van der Waals surface area contributed by atoms with E-state index in [1.54, 1.807) is 0 Å². The highest BCUT2D eigenvalue weighted by Crippen LogP contribution is 2.19. The molecule has 1 rings (SSSR count). The van der Waals surface area contributed by atoms with Crippen LogP contribution in [0.25, 0.3) is 0 Å². The van der Waals surface area contributed by atoms with Crippen LogP contribution >= 0.6 is 11.6 Å². The number of nitrogens with one attached hydrogen (secondary N) is 1. The smallest absolute Gasteiger partial charge is 0.0815 e. The molecule has 1 aromatic heterocycles. The molecular formula is C13H24ClN3. The van der Waals surface area contributed by atoms with Crippen molar-refractivity contribution in [3.05, 3.63) is 16.9 Å². The molecule has 1 heterocycles. The number of aryl methyl sites for hydroxylation is 1. The molecule has 0 aliphatic rings. The summed E-state index contributed by atoms with van der Waals surface area (Å²) in [7, 11) is 0. The summed E-state index contributed by atoms with van der Waals surface area (Å²) in [5.41, 5.74) is 1.04. The maximum Gasteiger partial charge on any atom is 0.0815 e. The summed E-state index contributed by atoms with van der Waals surface area (Å²) in [6.07, 6.45) is 4.19. The van der Waals surface area contributed by atoms with Crippen molar-refractivity contribution in [1.82, 2.24) is 15.1 Å². The highest BCUT2D eigenvalue weighted by Gasteiger charge is 2.16. The lowest BCUT2D eigenvalue weighted by Crippen LogP contribution is -2.39. The van der Waals surface area contributed by atoms with Crippen LogP contribution in [0.3, 0.4) is 0 Å².